The Labute approximate surface area is 249 Å². The van der Waals surface area contributed by atoms with Gasteiger partial charge in [-0.05, 0) is 0 Å². The number of rotatable bonds is 3. The Morgan fingerprint density at radius 1 is 0.786 bits per heavy atom. The predicted octanol–water partition coefficient (Wildman–Crippen LogP) is 3.40. The molecule has 42 heavy (non-hydrogen) atoms. The third kappa shape index (κ3) is 4.42. The minimum absolute atomic E-state index is 0.105. The van der Waals surface area contributed by atoms with Crippen molar-refractivity contribution in [2.24, 2.45) is 0 Å². The Morgan fingerprint density at radius 3 is 1.69 bits per heavy atom. The molecule has 0 saturated carbocycles. The van der Waals surface area contributed by atoms with Crippen molar-refractivity contribution in [3.63, 3.8) is 0 Å². The van der Waals surface area contributed by atoms with Crippen LogP contribution in [0.4, 0.5) is 11.4 Å². The maximum absolute atomic E-state index is 13.3. The molecule has 7 rings (SSSR count). The molecule has 8 nitrogen and oxygen atoms in total. The zero-order valence-electron chi connectivity index (χ0n) is 25.1. The second-order valence-corrected chi connectivity index (χ2v) is 20.4. The summed E-state index contributed by atoms with van der Waals surface area (Å²) in [5.74, 6) is 3.14. The summed E-state index contributed by atoms with van der Waals surface area (Å²) < 4.78 is 8.68. The fraction of sp³-hybridized carbons (Fsp3) is 0.394. The zero-order chi connectivity index (χ0) is 30.6. The van der Waals surface area contributed by atoms with Gasteiger partial charge in [-0.25, -0.2) is 0 Å². The molecular formula is C33H40GeN2O6. The molecule has 3 aromatic rings. The molecule has 4 heterocycles. The average molecular weight is 633 g/mol. The molecule has 0 aliphatic carbocycles. The maximum atomic E-state index is 13.3. The van der Waals surface area contributed by atoms with E-state index in [1.54, 1.807) is 12.1 Å². The molecule has 3 N–H and O–H groups in total. The van der Waals surface area contributed by atoms with E-state index in [4.69, 9.17) is 4.74 Å². The number of anilines is 2. The molecule has 3 aromatic carbocycles. The summed E-state index contributed by atoms with van der Waals surface area (Å²) in [6.07, 6.45) is -0.668. The number of aliphatic hydroxyl groups is 2. The monoisotopic (exact) mass is 634 g/mol. The number of hydrogen-bond acceptors (Lipinski definition) is 7. The molecule has 0 atom stereocenters. The summed E-state index contributed by atoms with van der Waals surface area (Å²) in [5.41, 5.74) is 3.63. The van der Waals surface area contributed by atoms with Crippen LogP contribution in [0.2, 0.25) is 11.5 Å². The van der Waals surface area contributed by atoms with E-state index < -0.39 is 30.8 Å². The molecule has 9 heteroatoms. The van der Waals surface area contributed by atoms with E-state index in [2.05, 4.69) is 33.4 Å². The Morgan fingerprint density at radius 2 is 1.26 bits per heavy atom. The van der Waals surface area contributed by atoms with Gasteiger partial charge in [-0.2, -0.15) is 0 Å². The Balaban J connectivity index is 0.000000847. The molecule has 2 fully saturated rings. The van der Waals surface area contributed by atoms with Crippen LogP contribution >= 0.6 is 0 Å². The van der Waals surface area contributed by atoms with Crippen molar-refractivity contribution in [1.82, 2.24) is 0 Å². The normalized spacial score (nSPS) is 19.1. The Kier molecular flexibility index (Phi) is 7.93. The third-order valence-electron chi connectivity index (χ3n) is 8.68. The van der Waals surface area contributed by atoms with Crippen molar-refractivity contribution < 1.29 is 29.6 Å². The van der Waals surface area contributed by atoms with Crippen LogP contribution in [0, 0.1) is 0 Å². The SMILES string of the molecule is CC.CC.[CH3][Ge]1([CH3])[c]2cc(N3CC(O)C3)ccc2C2(OC(=O)c3ccc(C(=O)O)cc32)c2ccc(N3CC(O)C3)c[c]21. The first-order valence-corrected chi connectivity index (χ1v) is 21.2. The van der Waals surface area contributed by atoms with Gasteiger partial charge >= 0.3 is 223 Å². The first-order chi connectivity index (χ1) is 20.1. The standard InChI is InChI=1S/C29H28GeN2O6.2C2H6/c1-30(2)25-10-17(31-12-19(33)13-31)4-7-22(25)29(23-8-5-18(11-26(23)30)32-14-20(34)15-32)24-9-16(27(35)36)3-6-21(24)28(37)38-29;2*1-2/h3-11,19-20,33-34H,12-15H2,1-2H3,(H,35,36);2*1-2H3. The summed E-state index contributed by atoms with van der Waals surface area (Å²) >= 11 is -3.01. The van der Waals surface area contributed by atoms with Crippen molar-refractivity contribution in [2.45, 2.75) is 57.0 Å². The number of carbonyl (C=O) groups excluding carboxylic acids is 1. The number of carboxylic acids is 1. The molecule has 222 valence electrons. The number of nitrogens with zero attached hydrogens (tertiary/aromatic N) is 2. The summed E-state index contributed by atoms with van der Waals surface area (Å²) in [7, 11) is 0. The summed E-state index contributed by atoms with van der Waals surface area (Å²) in [6, 6.07) is 17.1. The molecule has 4 aliphatic rings. The minimum atomic E-state index is -3.01. The van der Waals surface area contributed by atoms with Crippen LogP contribution in [-0.4, -0.2) is 78.9 Å². The van der Waals surface area contributed by atoms with E-state index in [-0.39, 0.29) is 17.8 Å². The van der Waals surface area contributed by atoms with Gasteiger partial charge in [-0.3, -0.25) is 0 Å². The van der Waals surface area contributed by atoms with Crippen LogP contribution in [0.25, 0.3) is 0 Å². The van der Waals surface area contributed by atoms with Crippen LogP contribution in [0.15, 0.2) is 54.6 Å². The molecule has 0 unspecified atom stereocenters. The molecule has 0 bridgehead atoms. The topological polar surface area (TPSA) is 111 Å². The summed E-state index contributed by atoms with van der Waals surface area (Å²) in [6.45, 7) is 10.3. The fourth-order valence-electron chi connectivity index (χ4n) is 6.52. The Hall–Kier alpha value is -3.34. The molecular weight excluding hydrogens is 593 g/mol. The molecule has 2 saturated heterocycles. The number of esters is 1. The van der Waals surface area contributed by atoms with Gasteiger partial charge in [0.05, 0.1) is 0 Å². The number of carbonyl (C=O) groups is 2. The van der Waals surface area contributed by atoms with Gasteiger partial charge in [0.1, 0.15) is 0 Å². The number of carboxylic acid groups (broad SMARTS) is 1. The van der Waals surface area contributed by atoms with Gasteiger partial charge in [0.2, 0.25) is 0 Å². The van der Waals surface area contributed by atoms with Gasteiger partial charge in [-0.1, -0.05) is 27.7 Å². The van der Waals surface area contributed by atoms with Crippen molar-refractivity contribution in [1.29, 1.82) is 0 Å². The average Bonchev–Trinajstić information content (AvgIpc) is 3.26. The first kappa shape index (κ1) is 30.1. The second kappa shape index (κ2) is 11.1. The quantitative estimate of drug-likeness (QED) is 0.298. The molecule has 1 spiro atoms. The summed E-state index contributed by atoms with van der Waals surface area (Å²) in [5, 5.41) is 29.6. The van der Waals surface area contributed by atoms with Crippen molar-refractivity contribution in [2.75, 3.05) is 36.0 Å². The van der Waals surface area contributed by atoms with Gasteiger partial charge < -0.3 is 0 Å². The number of β-amino-alcohol motifs (C(OH)–C–C–N with tert-alkyl or cyclic N) is 2. The van der Waals surface area contributed by atoms with Gasteiger partial charge in [0, 0.05) is 0 Å². The van der Waals surface area contributed by atoms with E-state index >= 15 is 0 Å². The van der Waals surface area contributed by atoms with Crippen molar-refractivity contribution >= 4 is 45.4 Å². The van der Waals surface area contributed by atoms with Crippen molar-refractivity contribution in [3.05, 3.63) is 82.4 Å². The van der Waals surface area contributed by atoms with Crippen LogP contribution in [0.3, 0.4) is 0 Å². The number of aliphatic hydroxyl groups excluding tert-OH is 2. The van der Waals surface area contributed by atoms with Crippen LogP contribution in [-0.2, 0) is 10.3 Å². The fourth-order valence-corrected chi connectivity index (χ4v) is 13.2. The van der Waals surface area contributed by atoms with E-state index in [1.165, 1.54) is 14.9 Å². The third-order valence-corrected chi connectivity index (χ3v) is 16.1. The van der Waals surface area contributed by atoms with Crippen LogP contribution in [0.1, 0.15) is 65.1 Å². The molecule has 0 amide bonds. The van der Waals surface area contributed by atoms with Gasteiger partial charge in [0.15, 0.2) is 0 Å². The van der Waals surface area contributed by atoms with Crippen molar-refractivity contribution in [3.8, 4) is 0 Å². The van der Waals surface area contributed by atoms with E-state index in [9.17, 15) is 24.9 Å². The molecule has 4 aliphatic heterocycles. The second-order valence-electron chi connectivity index (χ2n) is 11.3. The molecule has 0 aromatic heterocycles. The number of aromatic carboxylic acids is 1. The number of hydrogen-bond donors (Lipinski definition) is 3. The predicted molar refractivity (Wildman–Crippen MR) is 167 cm³/mol. The number of benzene rings is 3. The number of ether oxygens (including phenoxy) is 1. The zero-order valence-corrected chi connectivity index (χ0v) is 27.2. The van der Waals surface area contributed by atoms with Crippen LogP contribution < -0.4 is 18.6 Å². The number of fused-ring (bicyclic) bond motifs is 6. The van der Waals surface area contributed by atoms with E-state index in [0.717, 1.165) is 22.5 Å². The Bertz CT molecular complexity index is 1470. The van der Waals surface area contributed by atoms with Crippen LogP contribution in [0.5, 0.6) is 0 Å². The van der Waals surface area contributed by atoms with E-state index in [0.29, 0.717) is 37.3 Å². The van der Waals surface area contributed by atoms with Gasteiger partial charge in [-0.15, -0.1) is 0 Å². The van der Waals surface area contributed by atoms with E-state index in [1.807, 2.05) is 52.0 Å². The summed E-state index contributed by atoms with van der Waals surface area (Å²) in [4.78, 5) is 29.5. The van der Waals surface area contributed by atoms with Gasteiger partial charge in [0.25, 0.3) is 0 Å². The first-order valence-electron chi connectivity index (χ1n) is 14.9. The molecule has 0 radical (unpaired) electrons.